The van der Waals surface area contributed by atoms with Crippen LogP contribution in [0.1, 0.15) is 16.7 Å². The summed E-state index contributed by atoms with van der Waals surface area (Å²) in [6, 6.07) is 75.8. The summed E-state index contributed by atoms with van der Waals surface area (Å²) in [5, 5.41) is 3.93. The fourth-order valence-electron chi connectivity index (χ4n) is 10.5. The minimum absolute atomic E-state index is 0.392. The second kappa shape index (κ2) is 17.7. The second-order valence-electron chi connectivity index (χ2n) is 18.9. The lowest BCUT2D eigenvalue weighted by Crippen LogP contribution is -2.08. The van der Waals surface area contributed by atoms with Crippen molar-refractivity contribution >= 4 is 43.6 Å². The van der Waals surface area contributed by atoms with Crippen molar-refractivity contribution in [3.8, 4) is 78.9 Å². The van der Waals surface area contributed by atoms with Crippen molar-refractivity contribution in [1.29, 1.82) is 0 Å². The zero-order valence-corrected chi connectivity index (χ0v) is 40.3. The summed E-state index contributed by atoms with van der Waals surface area (Å²) in [7, 11) is 0. The first-order valence-corrected chi connectivity index (χ1v) is 24.6. The lowest BCUT2D eigenvalue weighted by Gasteiger charge is -2.21. The Morgan fingerprint density at radius 2 is 0.689 bits per heavy atom. The number of halogens is 3. The Balaban J connectivity index is 1.11. The third kappa shape index (κ3) is 7.79. The van der Waals surface area contributed by atoms with Crippen LogP contribution < -0.4 is 0 Å². The molecule has 0 atom stereocenters. The quantitative estimate of drug-likeness (QED) is 0.152. The van der Waals surface area contributed by atoms with Crippen molar-refractivity contribution in [1.82, 2.24) is 24.1 Å². The Labute approximate surface area is 425 Å². The van der Waals surface area contributed by atoms with Gasteiger partial charge in [-0.05, 0) is 90.7 Å². The number of rotatable bonds is 8. The first-order chi connectivity index (χ1) is 36.1. The summed E-state index contributed by atoms with van der Waals surface area (Å²) in [5.41, 5.74) is 14.1. The molecule has 0 bridgehead atoms. The molecule has 354 valence electrons. The lowest BCUT2D eigenvalue weighted by atomic mass is 9.96. The third-order valence-electron chi connectivity index (χ3n) is 14.2. The van der Waals surface area contributed by atoms with Gasteiger partial charge in [0, 0.05) is 49.4 Å². The molecule has 5 nitrogen and oxygen atoms in total. The highest BCUT2D eigenvalue weighted by Crippen LogP contribution is 2.45. The number of para-hydroxylation sites is 2. The molecule has 0 aliphatic carbocycles. The third-order valence-corrected chi connectivity index (χ3v) is 14.2. The highest BCUT2D eigenvalue weighted by molar-refractivity contribution is 6.13. The molecule has 0 aliphatic heterocycles. The molecule has 0 unspecified atom stereocenters. The van der Waals surface area contributed by atoms with Crippen molar-refractivity contribution in [2.24, 2.45) is 0 Å². The smallest absolute Gasteiger partial charge is 0.309 e. The molecule has 0 spiro atoms. The predicted octanol–water partition coefficient (Wildman–Crippen LogP) is 17.7. The highest BCUT2D eigenvalue weighted by Gasteiger charge is 2.32. The van der Waals surface area contributed by atoms with Gasteiger partial charge in [-0.15, -0.1) is 0 Å². The van der Waals surface area contributed by atoms with Gasteiger partial charge in [0.25, 0.3) is 0 Å². The van der Waals surface area contributed by atoms with Crippen LogP contribution in [0.5, 0.6) is 0 Å². The van der Waals surface area contributed by atoms with Gasteiger partial charge in [-0.1, -0.05) is 187 Å². The summed E-state index contributed by atoms with van der Waals surface area (Å²) in [4.78, 5) is 15.3. The lowest BCUT2D eigenvalue weighted by molar-refractivity contribution is -0.137. The van der Waals surface area contributed by atoms with Crippen LogP contribution in [-0.2, 0) is 6.18 Å². The van der Waals surface area contributed by atoms with Gasteiger partial charge in [0.15, 0.2) is 17.5 Å². The summed E-state index contributed by atoms with van der Waals surface area (Å²) >= 11 is 0. The molecule has 10 aromatic carbocycles. The van der Waals surface area contributed by atoms with Crippen molar-refractivity contribution in [2.45, 2.75) is 20.0 Å². The minimum atomic E-state index is -4.62. The molecule has 74 heavy (non-hydrogen) atoms. The number of nitrogens with zero attached hydrogens (tertiary/aromatic N) is 5. The Hall–Kier alpha value is -9.40. The molecule has 3 aromatic heterocycles. The Kier molecular flexibility index (Phi) is 10.7. The predicted molar refractivity (Wildman–Crippen MR) is 296 cm³/mol. The SMILES string of the molecule is Cc1ccc(-c2ccc3c(c2)c2ccccc2n3-c2cc(-c3nc(-c4ccccc4)nc(-c4ccccc4)n3)ccc2-c2ccc(C(F)(F)F)cc2-n2c3ccccc3c3cc(-c4ccc(C)cc4)ccc32)cc1. The highest BCUT2D eigenvalue weighted by atomic mass is 19.4. The average Bonchev–Trinajstić information content (AvgIpc) is 3.96. The van der Waals surface area contributed by atoms with Gasteiger partial charge in [-0.25, -0.2) is 15.0 Å². The van der Waals surface area contributed by atoms with Gasteiger partial charge < -0.3 is 9.13 Å². The van der Waals surface area contributed by atoms with Gasteiger partial charge in [0.1, 0.15) is 0 Å². The largest absolute Gasteiger partial charge is 0.416 e. The van der Waals surface area contributed by atoms with Gasteiger partial charge in [-0.2, -0.15) is 13.2 Å². The number of aromatic nitrogens is 5. The number of aryl methyl sites for hydroxylation is 2. The monoisotopic (exact) mass is 963 g/mol. The Bertz CT molecular complexity index is 4230. The number of alkyl halides is 3. The van der Waals surface area contributed by atoms with Crippen LogP contribution in [0.25, 0.3) is 123 Å². The number of hydrogen-bond donors (Lipinski definition) is 0. The van der Waals surface area contributed by atoms with Crippen LogP contribution >= 0.6 is 0 Å². The molecule has 0 radical (unpaired) electrons. The van der Waals surface area contributed by atoms with Crippen molar-refractivity contribution in [2.75, 3.05) is 0 Å². The van der Waals surface area contributed by atoms with E-state index in [4.69, 9.17) is 15.0 Å². The van der Waals surface area contributed by atoms with Crippen LogP contribution in [0.4, 0.5) is 13.2 Å². The van der Waals surface area contributed by atoms with E-state index in [1.54, 1.807) is 6.07 Å². The summed E-state index contributed by atoms with van der Waals surface area (Å²) in [5.74, 6) is 1.48. The molecule has 0 fully saturated rings. The molecule has 0 amide bonds. The van der Waals surface area contributed by atoms with E-state index in [2.05, 4.69) is 115 Å². The van der Waals surface area contributed by atoms with Crippen molar-refractivity contribution < 1.29 is 13.2 Å². The van der Waals surface area contributed by atoms with Crippen molar-refractivity contribution in [3.05, 3.63) is 247 Å². The zero-order valence-electron chi connectivity index (χ0n) is 40.3. The van der Waals surface area contributed by atoms with E-state index in [0.29, 0.717) is 39.9 Å². The zero-order chi connectivity index (χ0) is 50.1. The van der Waals surface area contributed by atoms with E-state index in [1.165, 1.54) is 17.7 Å². The fourth-order valence-corrected chi connectivity index (χ4v) is 10.5. The molecular formula is C66H44F3N5. The number of benzene rings is 10. The fraction of sp³-hybridized carbons (Fsp3) is 0.0455. The van der Waals surface area contributed by atoms with E-state index in [0.717, 1.165) is 88.2 Å². The number of fused-ring (bicyclic) bond motifs is 6. The van der Waals surface area contributed by atoms with Crippen LogP contribution in [-0.4, -0.2) is 24.1 Å². The summed E-state index contributed by atoms with van der Waals surface area (Å²) in [6.45, 7) is 4.15. The first kappa shape index (κ1) is 44.5. The van der Waals surface area contributed by atoms with Crippen LogP contribution in [0, 0.1) is 13.8 Å². The van der Waals surface area contributed by atoms with E-state index in [9.17, 15) is 0 Å². The Morgan fingerprint density at radius 1 is 0.311 bits per heavy atom. The Morgan fingerprint density at radius 3 is 1.16 bits per heavy atom. The molecule has 0 saturated heterocycles. The maximum atomic E-state index is 15.2. The van der Waals surface area contributed by atoms with E-state index >= 15 is 13.2 Å². The van der Waals surface area contributed by atoms with E-state index < -0.39 is 11.7 Å². The minimum Gasteiger partial charge on any atom is -0.309 e. The van der Waals surface area contributed by atoms with Gasteiger partial charge in [0.05, 0.1) is 39.0 Å². The second-order valence-corrected chi connectivity index (χ2v) is 18.9. The normalized spacial score (nSPS) is 11.9. The molecule has 3 heterocycles. The summed E-state index contributed by atoms with van der Waals surface area (Å²) in [6.07, 6.45) is -4.62. The molecule has 8 heteroatoms. The van der Waals surface area contributed by atoms with Gasteiger partial charge in [0.2, 0.25) is 0 Å². The maximum Gasteiger partial charge on any atom is 0.416 e. The topological polar surface area (TPSA) is 48.5 Å². The number of hydrogen-bond acceptors (Lipinski definition) is 3. The van der Waals surface area contributed by atoms with Crippen LogP contribution in [0.2, 0.25) is 0 Å². The van der Waals surface area contributed by atoms with Crippen molar-refractivity contribution in [3.63, 3.8) is 0 Å². The molecular weight excluding hydrogens is 920 g/mol. The van der Waals surface area contributed by atoms with E-state index in [1.807, 2.05) is 120 Å². The standard InChI is InChI=1S/C66H44F3N5/c1-41-21-25-43(26-22-41)47-30-35-59-55(37-47)51-17-9-11-19-57(51)73(59)61-39-49(65-71-63(45-13-5-3-6-14-45)70-64(72-65)46-15-7-4-8-16-46)29-33-53(61)54-34-32-50(66(67,68)69)40-62(54)74-58-20-12-10-18-52(58)56-38-48(31-36-60(56)74)44-27-23-42(2)24-28-44/h3-40H,1-2H3. The maximum absolute atomic E-state index is 15.2. The summed E-state index contributed by atoms with van der Waals surface area (Å²) < 4.78 is 49.8. The average molecular weight is 964 g/mol. The van der Waals surface area contributed by atoms with Gasteiger partial charge in [-0.3, -0.25) is 0 Å². The molecule has 13 aromatic rings. The molecule has 0 N–H and O–H groups in total. The van der Waals surface area contributed by atoms with Crippen LogP contribution in [0.15, 0.2) is 231 Å². The van der Waals surface area contributed by atoms with E-state index in [-0.39, 0.29) is 0 Å². The molecule has 0 aliphatic rings. The first-order valence-electron chi connectivity index (χ1n) is 24.6. The van der Waals surface area contributed by atoms with Gasteiger partial charge >= 0.3 is 6.18 Å². The van der Waals surface area contributed by atoms with Crippen LogP contribution in [0.3, 0.4) is 0 Å². The molecule has 13 rings (SSSR count). The molecule has 0 saturated carbocycles.